The Kier molecular flexibility index (Phi) is 32.1. The highest BCUT2D eigenvalue weighted by atomic mass is 16.8. The van der Waals surface area contributed by atoms with Gasteiger partial charge < -0.3 is 214 Å². The molecule has 616 valence electrons. The summed E-state index contributed by atoms with van der Waals surface area (Å²) >= 11 is 0. The summed E-state index contributed by atoms with van der Waals surface area (Å²) in [5, 5.41) is 272. The van der Waals surface area contributed by atoms with E-state index in [1.165, 1.54) is 20.8 Å². The lowest BCUT2D eigenvalue weighted by atomic mass is 9.93. The van der Waals surface area contributed by atoms with Gasteiger partial charge in [-0.25, -0.2) is 0 Å². The minimum atomic E-state index is -2.41. The Morgan fingerprint density at radius 2 is 0.679 bits per heavy atom. The maximum atomic E-state index is 13.1. The fraction of sp³-hybridized carbons (Fsp3) is 0.950. The molecule has 8 heterocycles. The van der Waals surface area contributed by atoms with Crippen molar-refractivity contribution < 1.29 is 213 Å². The lowest BCUT2D eigenvalue weighted by Gasteiger charge is -2.52. The van der Waals surface area contributed by atoms with E-state index in [9.17, 15) is 137 Å². The van der Waals surface area contributed by atoms with E-state index in [4.69, 9.17) is 75.8 Å². The first-order chi connectivity index (χ1) is 50.0. The molecule has 0 radical (unpaired) electrons. The van der Waals surface area contributed by atoms with Gasteiger partial charge in [-0.05, 0) is 20.8 Å². The van der Waals surface area contributed by atoms with Crippen LogP contribution >= 0.6 is 0 Å². The van der Waals surface area contributed by atoms with Crippen LogP contribution in [0.4, 0.5) is 0 Å². The molecule has 3 amide bonds. The first-order valence-corrected chi connectivity index (χ1v) is 34.1. The van der Waals surface area contributed by atoms with Crippen LogP contribution in [0.1, 0.15) is 41.5 Å². The molecule has 0 bridgehead atoms. The summed E-state index contributed by atoms with van der Waals surface area (Å²) in [6.45, 7) is -1.17. The lowest BCUT2D eigenvalue weighted by molar-refractivity contribution is -0.404. The highest BCUT2D eigenvalue weighted by Crippen LogP contribution is 2.40. The van der Waals surface area contributed by atoms with Crippen LogP contribution in [0, 0.1) is 0 Å². The molecule has 0 spiro atoms. The second-order valence-electron chi connectivity index (χ2n) is 27.1. The minimum Gasteiger partial charge on any atom is -0.394 e. The predicted octanol–water partition coefficient (Wildman–Crippen LogP) is -17.5. The highest BCUT2D eigenvalue weighted by molar-refractivity contribution is 5.74. The van der Waals surface area contributed by atoms with E-state index in [0.717, 1.165) is 20.8 Å². The van der Waals surface area contributed by atoms with Gasteiger partial charge >= 0.3 is 0 Å². The SMILES string of the molecule is CC(=O)N[C@H]1[C@H](O[C@H]2[C@@H](O)[C@@H](CO)O[C@@H](O[C@H]3[C@H](O)[C@@H](NC(C)=O)[C@H](OC[C@@H](O)[C@H](O)[C@H](O[C@@H]4O[C@H](CO)[C@H](O)[C@H](O)[C@H]4O[C@@H]4O[C@@H](C)[C@@H](O)[C@@H](O)[C@@H]4O)[C@H](CO)NC(C)=O)O[C@@H]3CO)[C@@H]2O[C@@H]2O[C@@H](C)[C@@H](O)[C@@H](O)[C@@H]2O)O[C@H](CO)[C@@H](O[C@@H]2O[C@H](CO)[C@H](O)[C@H](O)[C@H]2O[C@@H]2O[C@@H](C)[C@@H](O)[C@@H](O)[C@@H]2O)[C@@H]1O. The molecule has 46 heteroatoms. The van der Waals surface area contributed by atoms with E-state index in [2.05, 4.69) is 16.0 Å². The molecule has 8 fully saturated rings. The van der Waals surface area contributed by atoms with E-state index in [1.54, 1.807) is 0 Å². The third-order valence-corrected chi connectivity index (χ3v) is 19.5. The van der Waals surface area contributed by atoms with Crippen LogP contribution in [0.5, 0.6) is 0 Å². The quantitative estimate of drug-likeness (QED) is 0.0331. The average Bonchev–Trinajstić information content (AvgIpc) is 0.768. The topological polar surface area (TPSA) is 721 Å². The fourth-order valence-corrected chi connectivity index (χ4v) is 13.5. The van der Waals surface area contributed by atoms with Gasteiger partial charge in [0.25, 0.3) is 0 Å². The minimum absolute atomic E-state index is 0.877. The molecule has 8 aliphatic heterocycles. The molecule has 0 aliphatic carbocycles. The number of carbonyl (C=O) groups is 3. The largest absolute Gasteiger partial charge is 0.394 e. The van der Waals surface area contributed by atoms with E-state index in [1.807, 2.05) is 0 Å². The Morgan fingerprint density at radius 3 is 1.08 bits per heavy atom. The van der Waals surface area contributed by atoms with Crippen molar-refractivity contribution >= 4 is 17.7 Å². The average molecular weight is 1550 g/mol. The van der Waals surface area contributed by atoms with Crippen molar-refractivity contribution in [3.63, 3.8) is 0 Å². The van der Waals surface area contributed by atoms with Crippen molar-refractivity contribution in [1.29, 1.82) is 0 Å². The van der Waals surface area contributed by atoms with Crippen molar-refractivity contribution in [2.45, 2.75) is 311 Å². The van der Waals surface area contributed by atoms with E-state index < -0.39 is 334 Å². The molecular weight excluding hydrogens is 1450 g/mol. The summed E-state index contributed by atoms with van der Waals surface area (Å²) in [4.78, 5) is 38.7. The van der Waals surface area contributed by atoms with Gasteiger partial charge in [0.05, 0.1) is 70.6 Å². The Bertz CT molecular complexity index is 2730. The molecule has 8 saturated heterocycles. The van der Waals surface area contributed by atoms with Crippen LogP contribution in [-0.2, 0) is 90.2 Å². The number of ether oxygens (including phenoxy) is 16. The molecule has 46 nitrogen and oxygen atoms in total. The molecular formula is C60H103N3O43. The molecule has 0 aromatic heterocycles. The Hall–Kier alpha value is -3.19. The zero-order valence-corrected chi connectivity index (χ0v) is 57.8. The zero-order valence-electron chi connectivity index (χ0n) is 57.8. The van der Waals surface area contributed by atoms with Gasteiger partial charge in [0, 0.05) is 20.8 Å². The summed E-state index contributed by atoms with van der Waals surface area (Å²) in [7, 11) is 0. The smallest absolute Gasteiger partial charge is 0.217 e. The van der Waals surface area contributed by atoms with Crippen molar-refractivity contribution in [2.24, 2.45) is 0 Å². The summed E-state index contributed by atoms with van der Waals surface area (Å²) in [5.74, 6) is -2.78. The first-order valence-electron chi connectivity index (χ1n) is 34.1. The number of amides is 3. The molecule has 44 atom stereocenters. The van der Waals surface area contributed by atoms with Crippen LogP contribution in [-0.4, -0.2) is 456 Å². The van der Waals surface area contributed by atoms with Crippen LogP contribution in [0.3, 0.4) is 0 Å². The third-order valence-electron chi connectivity index (χ3n) is 19.5. The van der Waals surface area contributed by atoms with Crippen LogP contribution in [0.2, 0.25) is 0 Å². The third kappa shape index (κ3) is 19.7. The number of nitrogens with one attached hydrogen (secondary N) is 3. The molecule has 27 N–H and O–H groups in total. The number of hydrogen-bond acceptors (Lipinski definition) is 43. The maximum Gasteiger partial charge on any atom is 0.217 e. The Morgan fingerprint density at radius 1 is 0.340 bits per heavy atom. The standard InChI is InChI=1S/C60H103N3O43/c1-14-29(74)38(83)43(88)55(92-14)104-50-41(86)33(78)22(8-65)95-58(50)100-46(20(7-64)61-17(4)70)32(77)21(73)13-91-53-27(62-18(5)71)36(81)47(25(11-68)98-53)102-60-52(106-57-45(90)40(85)31(76)16(3)94-57)49(35(80)24(10-67)97-60)103-54-28(63-19(6)72)37(82)48(26(12-69)99-54)101-59-51(42(87)34(79)23(9-66)96-59)105-56-44(89)39(84)30(75)15(2)93-56/h14-16,20-60,64-69,73-90H,7-13H2,1-6H3,(H,61,70)(H,62,71)(H,63,72)/t14-,15-,16-,20-,21+,22+,23+,24+,25+,26+,27+,28+,29+,30+,31+,32-,33-,34-,35-,36+,37+,38+,39+,40+,41-,42-,43-,44-,45-,46+,47+,48+,49-,50+,51+,52+,53+,54-,55-,56-,57-,58-,59-,60-/m0/s1. The molecule has 8 aliphatic rings. The molecule has 0 aromatic carbocycles. The van der Waals surface area contributed by atoms with Gasteiger partial charge in [-0.3, -0.25) is 14.4 Å². The molecule has 0 saturated carbocycles. The van der Waals surface area contributed by atoms with Crippen molar-refractivity contribution in [2.75, 3.05) is 46.2 Å². The Balaban J connectivity index is 1.07. The number of carbonyl (C=O) groups excluding carboxylic acids is 3. The van der Waals surface area contributed by atoms with Gasteiger partial charge in [0.1, 0.15) is 195 Å². The second-order valence-corrected chi connectivity index (χ2v) is 27.1. The zero-order chi connectivity index (χ0) is 78.5. The normalized spacial score (nSPS) is 47.9. The van der Waals surface area contributed by atoms with Gasteiger partial charge in [-0.1, -0.05) is 0 Å². The number of aliphatic hydroxyl groups excluding tert-OH is 24. The van der Waals surface area contributed by atoms with Crippen molar-refractivity contribution in [3.8, 4) is 0 Å². The van der Waals surface area contributed by atoms with Gasteiger partial charge in [-0.2, -0.15) is 0 Å². The van der Waals surface area contributed by atoms with E-state index >= 15 is 0 Å². The molecule has 0 unspecified atom stereocenters. The number of aliphatic hydroxyl groups is 24. The van der Waals surface area contributed by atoms with Crippen LogP contribution in [0.15, 0.2) is 0 Å². The molecule has 106 heavy (non-hydrogen) atoms. The monoisotopic (exact) mass is 1550 g/mol. The van der Waals surface area contributed by atoms with Crippen LogP contribution in [0.25, 0.3) is 0 Å². The summed E-state index contributed by atoms with van der Waals surface area (Å²) in [5.41, 5.74) is 0. The maximum absolute atomic E-state index is 13.1. The van der Waals surface area contributed by atoms with E-state index in [-0.39, 0.29) is 0 Å². The molecule has 8 rings (SSSR count). The highest BCUT2D eigenvalue weighted by Gasteiger charge is 2.60. The second kappa shape index (κ2) is 38.6. The van der Waals surface area contributed by atoms with Gasteiger partial charge in [0.15, 0.2) is 50.3 Å². The number of rotatable bonds is 29. The fourth-order valence-electron chi connectivity index (χ4n) is 13.5. The van der Waals surface area contributed by atoms with Crippen LogP contribution < -0.4 is 16.0 Å². The van der Waals surface area contributed by atoms with Crippen molar-refractivity contribution in [3.05, 3.63) is 0 Å². The lowest BCUT2D eigenvalue weighted by Crippen LogP contribution is -2.71. The van der Waals surface area contributed by atoms with Gasteiger partial charge in [-0.15, -0.1) is 0 Å². The predicted molar refractivity (Wildman–Crippen MR) is 330 cm³/mol. The van der Waals surface area contributed by atoms with E-state index in [0.29, 0.717) is 0 Å². The summed E-state index contributed by atoms with van der Waals surface area (Å²) < 4.78 is 94.7. The van der Waals surface area contributed by atoms with Gasteiger partial charge in [0.2, 0.25) is 17.7 Å². The first kappa shape index (κ1) is 88.4. The van der Waals surface area contributed by atoms with Crippen molar-refractivity contribution in [1.82, 2.24) is 16.0 Å². The number of hydrogen-bond donors (Lipinski definition) is 27. The summed E-state index contributed by atoms with van der Waals surface area (Å²) in [6, 6.07) is -5.65. The molecule has 0 aromatic rings. The Labute approximate surface area is 602 Å². The summed E-state index contributed by atoms with van der Waals surface area (Å²) in [6.07, 6.45) is -81.2.